The van der Waals surface area contributed by atoms with Crippen LogP contribution in [0.15, 0.2) is 66.7 Å². The number of benzene rings is 3. The molecule has 6 heteroatoms. The Morgan fingerprint density at radius 2 is 1.63 bits per heavy atom. The summed E-state index contributed by atoms with van der Waals surface area (Å²) >= 11 is 5.28. The molecule has 2 amide bonds. The predicted octanol–water partition coefficient (Wildman–Crippen LogP) is 3.92. The first-order chi connectivity index (χ1) is 14.4. The van der Waals surface area contributed by atoms with Crippen molar-refractivity contribution in [2.45, 2.75) is 19.3 Å². The summed E-state index contributed by atoms with van der Waals surface area (Å²) in [4.78, 5) is 25.7. The number of hydrogen-bond acceptors (Lipinski definition) is 3. The van der Waals surface area contributed by atoms with Gasteiger partial charge in [0.05, 0.1) is 6.42 Å². The fraction of sp³-hybridized carbons (Fsp3) is 0.208. The van der Waals surface area contributed by atoms with Crippen molar-refractivity contribution >= 4 is 45.6 Å². The van der Waals surface area contributed by atoms with Crippen LogP contribution in [-0.4, -0.2) is 35.9 Å². The van der Waals surface area contributed by atoms with Gasteiger partial charge in [-0.2, -0.15) is 0 Å². The third-order valence-electron chi connectivity index (χ3n) is 4.82. The molecule has 0 aromatic heterocycles. The summed E-state index contributed by atoms with van der Waals surface area (Å²) in [6.07, 6.45) is 1.41. The van der Waals surface area contributed by atoms with E-state index in [2.05, 4.69) is 10.6 Å². The third-order valence-corrected chi connectivity index (χ3v) is 5.03. The highest BCUT2D eigenvalue weighted by Gasteiger charge is 2.09. The second kappa shape index (κ2) is 9.98. The molecule has 0 unspecified atom stereocenters. The zero-order chi connectivity index (χ0) is 21.5. The standard InChI is InChI=1S/C24H25N3O2S/c1-27(2)23(29)15-12-17-10-13-20(14-11-17)25-24(30)26-22(28)16-19-8-5-7-18-6-3-4-9-21(18)19/h3-11,13-14H,12,15-16H2,1-2H3,(H2,25,26,28,30). The lowest BCUT2D eigenvalue weighted by Crippen LogP contribution is -2.35. The van der Waals surface area contributed by atoms with Gasteiger partial charge in [-0.25, -0.2) is 0 Å². The van der Waals surface area contributed by atoms with E-state index in [0.29, 0.717) is 12.8 Å². The summed E-state index contributed by atoms with van der Waals surface area (Å²) in [6.45, 7) is 0. The number of carbonyl (C=O) groups excluding carboxylic acids is 2. The zero-order valence-corrected chi connectivity index (χ0v) is 18.0. The molecule has 0 saturated heterocycles. The molecular formula is C24H25N3O2S. The van der Waals surface area contributed by atoms with Crippen LogP contribution in [0.4, 0.5) is 5.69 Å². The van der Waals surface area contributed by atoms with Crippen molar-refractivity contribution in [3.63, 3.8) is 0 Å². The first kappa shape index (κ1) is 21.5. The molecule has 5 nitrogen and oxygen atoms in total. The van der Waals surface area contributed by atoms with Gasteiger partial charge in [-0.15, -0.1) is 0 Å². The minimum Gasteiger partial charge on any atom is -0.349 e. The molecule has 0 aliphatic carbocycles. The normalized spacial score (nSPS) is 10.5. The SMILES string of the molecule is CN(C)C(=O)CCc1ccc(NC(=S)NC(=O)Cc2cccc3ccccc23)cc1. The van der Waals surface area contributed by atoms with Gasteiger partial charge in [-0.05, 0) is 52.7 Å². The van der Waals surface area contributed by atoms with Crippen LogP contribution in [0.2, 0.25) is 0 Å². The highest BCUT2D eigenvalue weighted by Crippen LogP contribution is 2.19. The van der Waals surface area contributed by atoms with Crippen LogP contribution in [0.1, 0.15) is 17.5 Å². The number of aryl methyl sites for hydroxylation is 1. The highest BCUT2D eigenvalue weighted by atomic mass is 32.1. The van der Waals surface area contributed by atoms with Crippen LogP contribution in [0.3, 0.4) is 0 Å². The smallest absolute Gasteiger partial charge is 0.230 e. The molecule has 0 radical (unpaired) electrons. The molecule has 0 aliphatic heterocycles. The number of amides is 2. The first-order valence-corrected chi connectivity index (χ1v) is 10.2. The number of rotatable bonds is 6. The van der Waals surface area contributed by atoms with Gasteiger partial charge >= 0.3 is 0 Å². The Bertz CT molecular complexity index is 1060. The van der Waals surface area contributed by atoms with E-state index in [-0.39, 0.29) is 23.3 Å². The van der Waals surface area contributed by atoms with E-state index in [1.807, 2.05) is 66.7 Å². The molecule has 30 heavy (non-hydrogen) atoms. The molecule has 3 aromatic carbocycles. The number of fused-ring (bicyclic) bond motifs is 1. The second-order valence-corrected chi connectivity index (χ2v) is 7.71. The van der Waals surface area contributed by atoms with Gasteiger partial charge < -0.3 is 15.5 Å². The van der Waals surface area contributed by atoms with E-state index in [4.69, 9.17) is 12.2 Å². The summed E-state index contributed by atoms with van der Waals surface area (Å²) in [5.41, 5.74) is 2.82. The van der Waals surface area contributed by atoms with Crippen molar-refractivity contribution in [3.05, 3.63) is 77.9 Å². The molecule has 154 valence electrons. The predicted molar refractivity (Wildman–Crippen MR) is 125 cm³/mol. The topological polar surface area (TPSA) is 61.4 Å². The van der Waals surface area contributed by atoms with E-state index in [9.17, 15) is 9.59 Å². The van der Waals surface area contributed by atoms with Crippen LogP contribution in [0.25, 0.3) is 10.8 Å². The Kier molecular flexibility index (Phi) is 7.14. The molecule has 0 aliphatic rings. The maximum Gasteiger partial charge on any atom is 0.230 e. The van der Waals surface area contributed by atoms with E-state index in [1.165, 1.54) is 0 Å². The summed E-state index contributed by atoms with van der Waals surface area (Å²) in [5, 5.41) is 8.20. The number of hydrogen-bond donors (Lipinski definition) is 2. The molecule has 0 atom stereocenters. The van der Waals surface area contributed by atoms with Gasteiger partial charge in [0.1, 0.15) is 0 Å². The van der Waals surface area contributed by atoms with Gasteiger partial charge in [-0.1, -0.05) is 54.6 Å². The summed E-state index contributed by atoms with van der Waals surface area (Å²) in [5.74, 6) is -0.0602. The average molecular weight is 420 g/mol. The van der Waals surface area contributed by atoms with Crippen molar-refractivity contribution in [1.29, 1.82) is 0 Å². The van der Waals surface area contributed by atoms with Crippen LogP contribution < -0.4 is 10.6 Å². The van der Waals surface area contributed by atoms with E-state index >= 15 is 0 Å². The fourth-order valence-electron chi connectivity index (χ4n) is 3.18. The third kappa shape index (κ3) is 5.87. The molecule has 2 N–H and O–H groups in total. The molecule has 0 spiro atoms. The van der Waals surface area contributed by atoms with Crippen molar-refractivity contribution in [3.8, 4) is 0 Å². The van der Waals surface area contributed by atoms with Gasteiger partial charge in [0, 0.05) is 26.2 Å². The molecule has 0 bridgehead atoms. The Labute approximate surface area is 182 Å². The lowest BCUT2D eigenvalue weighted by Gasteiger charge is -2.12. The molecule has 0 heterocycles. The van der Waals surface area contributed by atoms with Crippen LogP contribution in [-0.2, 0) is 22.4 Å². The van der Waals surface area contributed by atoms with Crippen molar-refractivity contribution < 1.29 is 9.59 Å². The van der Waals surface area contributed by atoms with Crippen molar-refractivity contribution in [2.75, 3.05) is 19.4 Å². The maximum absolute atomic E-state index is 12.4. The highest BCUT2D eigenvalue weighted by molar-refractivity contribution is 7.80. The van der Waals surface area contributed by atoms with Crippen LogP contribution in [0, 0.1) is 0 Å². The summed E-state index contributed by atoms with van der Waals surface area (Å²) in [7, 11) is 3.51. The quantitative estimate of drug-likeness (QED) is 0.595. The molecule has 0 fully saturated rings. The Morgan fingerprint density at radius 3 is 2.37 bits per heavy atom. The average Bonchev–Trinajstić information content (AvgIpc) is 2.73. The Hall–Kier alpha value is -3.25. The van der Waals surface area contributed by atoms with Gasteiger partial charge in [-0.3, -0.25) is 9.59 Å². The summed E-state index contributed by atoms with van der Waals surface area (Å²) < 4.78 is 0. The van der Waals surface area contributed by atoms with Gasteiger partial charge in [0.2, 0.25) is 11.8 Å². The number of nitrogens with zero attached hydrogens (tertiary/aromatic N) is 1. The Balaban J connectivity index is 1.52. The maximum atomic E-state index is 12.4. The van der Waals surface area contributed by atoms with Crippen molar-refractivity contribution in [2.24, 2.45) is 0 Å². The number of carbonyl (C=O) groups is 2. The van der Waals surface area contributed by atoms with E-state index in [0.717, 1.165) is 27.6 Å². The largest absolute Gasteiger partial charge is 0.349 e. The number of thiocarbonyl (C=S) groups is 1. The van der Waals surface area contributed by atoms with E-state index in [1.54, 1.807) is 19.0 Å². The Morgan fingerprint density at radius 1 is 0.933 bits per heavy atom. The number of anilines is 1. The van der Waals surface area contributed by atoms with Gasteiger partial charge in [0.15, 0.2) is 5.11 Å². The van der Waals surface area contributed by atoms with Crippen molar-refractivity contribution in [1.82, 2.24) is 10.2 Å². The molecular weight excluding hydrogens is 394 g/mol. The molecule has 3 aromatic rings. The summed E-state index contributed by atoms with van der Waals surface area (Å²) in [6, 6.07) is 21.6. The minimum absolute atomic E-state index is 0.104. The minimum atomic E-state index is -0.164. The monoisotopic (exact) mass is 419 g/mol. The van der Waals surface area contributed by atoms with Crippen LogP contribution in [0.5, 0.6) is 0 Å². The second-order valence-electron chi connectivity index (χ2n) is 7.30. The zero-order valence-electron chi connectivity index (χ0n) is 17.1. The molecule has 3 rings (SSSR count). The molecule has 0 saturated carbocycles. The number of nitrogens with one attached hydrogen (secondary N) is 2. The van der Waals surface area contributed by atoms with Gasteiger partial charge in [0.25, 0.3) is 0 Å². The first-order valence-electron chi connectivity index (χ1n) is 9.79. The van der Waals surface area contributed by atoms with Crippen LogP contribution >= 0.6 is 12.2 Å². The fourth-order valence-corrected chi connectivity index (χ4v) is 3.41. The van der Waals surface area contributed by atoms with E-state index < -0.39 is 0 Å². The lowest BCUT2D eigenvalue weighted by molar-refractivity contribution is -0.128. The lowest BCUT2D eigenvalue weighted by atomic mass is 10.0.